The molecule has 2 rings (SSSR count). The van der Waals surface area contributed by atoms with E-state index in [4.69, 9.17) is 23.2 Å². The van der Waals surface area contributed by atoms with E-state index in [2.05, 4.69) is 33.7 Å². The van der Waals surface area contributed by atoms with Crippen LogP contribution in [0.2, 0.25) is 0 Å². The largest absolute Gasteiger partial charge is 0.305 e. The second-order valence-corrected chi connectivity index (χ2v) is 7.69. The molecule has 0 spiro atoms. The molecule has 2 atom stereocenters. The van der Waals surface area contributed by atoms with Crippen LogP contribution in [0.25, 0.3) is 0 Å². The molecule has 2 fully saturated rings. The van der Waals surface area contributed by atoms with Gasteiger partial charge >= 0.3 is 0 Å². The Morgan fingerprint density at radius 3 is 2.15 bits per heavy atom. The predicted octanol–water partition coefficient (Wildman–Crippen LogP) is 1.39. The van der Waals surface area contributed by atoms with Crippen molar-refractivity contribution in [2.75, 3.05) is 73.0 Å². The first-order valence-electron chi connectivity index (χ1n) is 7.70. The normalized spacial score (nSPS) is 34.8. The number of rotatable bonds is 0. The fraction of sp³-hybridized carbons (Fsp3) is 1.00. The third-order valence-electron chi connectivity index (χ3n) is 4.39. The fourth-order valence-corrected chi connectivity index (χ4v) is 3.81. The van der Waals surface area contributed by atoms with Crippen molar-refractivity contribution in [2.24, 2.45) is 0 Å². The molecule has 2 aliphatic heterocycles. The van der Waals surface area contributed by atoms with E-state index in [1.54, 1.807) is 0 Å². The molecule has 0 N–H and O–H groups in total. The first kappa shape index (κ1) is 16.8. The molecular formula is C14H28Cl2N4. The maximum atomic E-state index is 6.63. The van der Waals surface area contributed by atoms with E-state index in [-0.39, 0.29) is 0 Å². The van der Waals surface area contributed by atoms with E-state index < -0.39 is 4.46 Å². The Kier molecular flexibility index (Phi) is 6.39. The van der Waals surface area contributed by atoms with Crippen LogP contribution in [0, 0.1) is 0 Å². The Labute approximate surface area is 133 Å². The number of nitrogens with zero attached hydrogens (tertiary/aromatic N) is 4. The molecule has 2 saturated heterocycles. The fourth-order valence-electron chi connectivity index (χ4n) is 3.06. The smallest absolute Gasteiger partial charge is 0.184 e. The lowest BCUT2D eigenvalue weighted by Gasteiger charge is -2.40. The molecule has 0 aliphatic carbocycles. The first-order valence-corrected chi connectivity index (χ1v) is 8.45. The summed E-state index contributed by atoms with van der Waals surface area (Å²) in [6.45, 7) is 9.36. The van der Waals surface area contributed by atoms with E-state index in [0.717, 1.165) is 52.2 Å². The lowest BCUT2D eigenvalue weighted by Crippen LogP contribution is -2.53. The minimum absolute atomic E-state index is 0.714. The van der Waals surface area contributed by atoms with Gasteiger partial charge in [-0.15, -0.1) is 0 Å². The summed E-state index contributed by atoms with van der Waals surface area (Å²) < 4.78 is -0.768. The highest BCUT2D eigenvalue weighted by atomic mass is 35.5. The van der Waals surface area contributed by atoms with Gasteiger partial charge in [0.15, 0.2) is 4.46 Å². The molecule has 2 bridgehead atoms. The minimum Gasteiger partial charge on any atom is -0.305 e. The van der Waals surface area contributed by atoms with Crippen LogP contribution >= 0.6 is 23.2 Å². The molecule has 2 unspecified atom stereocenters. The van der Waals surface area contributed by atoms with Gasteiger partial charge in [-0.05, 0) is 46.6 Å². The van der Waals surface area contributed by atoms with Crippen LogP contribution in [0.1, 0.15) is 12.8 Å². The van der Waals surface area contributed by atoms with Crippen molar-refractivity contribution in [1.82, 2.24) is 19.6 Å². The zero-order valence-corrected chi connectivity index (χ0v) is 14.3. The second-order valence-electron chi connectivity index (χ2n) is 6.24. The van der Waals surface area contributed by atoms with Crippen LogP contribution in [-0.4, -0.2) is 97.1 Å². The molecule has 6 heteroatoms. The highest BCUT2D eigenvalue weighted by Crippen LogP contribution is 2.28. The number of fused-ring (bicyclic) bond motifs is 3. The summed E-state index contributed by atoms with van der Waals surface area (Å²) in [4.78, 5) is 9.48. The summed E-state index contributed by atoms with van der Waals surface area (Å²) in [5, 5.41) is 0. The van der Waals surface area contributed by atoms with Gasteiger partial charge in [0.25, 0.3) is 0 Å². The molecule has 0 aromatic heterocycles. The minimum atomic E-state index is -0.768. The molecule has 0 amide bonds. The molecule has 2 heterocycles. The predicted molar refractivity (Wildman–Crippen MR) is 86.7 cm³/mol. The zero-order valence-electron chi connectivity index (χ0n) is 12.8. The summed E-state index contributed by atoms with van der Waals surface area (Å²) in [5.41, 5.74) is 0. The van der Waals surface area contributed by atoms with E-state index in [0.29, 0.717) is 6.54 Å². The number of likely N-dealkylation sites (N-methyl/N-ethyl adjacent to an activating group) is 2. The van der Waals surface area contributed by atoms with Crippen molar-refractivity contribution >= 4 is 23.2 Å². The number of halogens is 2. The van der Waals surface area contributed by atoms with Crippen LogP contribution in [0.3, 0.4) is 0 Å². The van der Waals surface area contributed by atoms with Crippen LogP contribution in [-0.2, 0) is 0 Å². The zero-order chi connectivity index (χ0) is 14.6. The SMILES string of the molecule is CN1CCCN2CCN(CCCN(C)CC2(Cl)Cl)CC1. The maximum Gasteiger partial charge on any atom is 0.184 e. The molecule has 4 nitrogen and oxygen atoms in total. The highest BCUT2D eigenvalue weighted by molar-refractivity contribution is 6.48. The topological polar surface area (TPSA) is 13.0 Å². The van der Waals surface area contributed by atoms with Gasteiger partial charge in [-0.1, -0.05) is 23.2 Å². The Bertz CT molecular complexity index is 301. The lowest BCUT2D eigenvalue weighted by molar-refractivity contribution is 0.109. The van der Waals surface area contributed by atoms with Gasteiger partial charge in [0.05, 0.1) is 0 Å². The molecule has 0 saturated carbocycles. The highest BCUT2D eigenvalue weighted by Gasteiger charge is 2.34. The molecular weight excluding hydrogens is 295 g/mol. The monoisotopic (exact) mass is 322 g/mol. The summed E-state index contributed by atoms with van der Waals surface area (Å²) in [7, 11) is 4.32. The molecule has 0 aromatic rings. The number of hydrogen-bond donors (Lipinski definition) is 0. The van der Waals surface area contributed by atoms with Crippen LogP contribution in [0.5, 0.6) is 0 Å². The number of hydrogen-bond acceptors (Lipinski definition) is 4. The summed E-state index contributed by atoms with van der Waals surface area (Å²) >= 11 is 13.3. The second kappa shape index (κ2) is 7.61. The quantitative estimate of drug-likeness (QED) is 0.493. The first-order chi connectivity index (χ1) is 9.47. The summed E-state index contributed by atoms with van der Waals surface area (Å²) in [6, 6.07) is 0. The van der Waals surface area contributed by atoms with Crippen molar-refractivity contribution < 1.29 is 0 Å². The van der Waals surface area contributed by atoms with Gasteiger partial charge in [0.1, 0.15) is 0 Å². The third-order valence-corrected chi connectivity index (χ3v) is 5.11. The Balaban J connectivity index is 2.10. The molecule has 118 valence electrons. The average molecular weight is 323 g/mol. The van der Waals surface area contributed by atoms with Gasteiger partial charge in [-0.2, -0.15) is 0 Å². The van der Waals surface area contributed by atoms with E-state index >= 15 is 0 Å². The Morgan fingerprint density at radius 1 is 0.700 bits per heavy atom. The number of alkyl halides is 2. The summed E-state index contributed by atoms with van der Waals surface area (Å²) in [6.07, 6.45) is 2.31. The maximum absolute atomic E-state index is 6.63. The third kappa shape index (κ3) is 5.00. The van der Waals surface area contributed by atoms with Crippen molar-refractivity contribution in [1.29, 1.82) is 0 Å². The lowest BCUT2D eigenvalue weighted by atomic mass is 10.2. The van der Waals surface area contributed by atoms with Crippen molar-refractivity contribution in [2.45, 2.75) is 17.3 Å². The average Bonchev–Trinajstić information content (AvgIpc) is 2.37. The molecule has 2 aliphatic rings. The molecule has 0 aromatic carbocycles. The van der Waals surface area contributed by atoms with Crippen molar-refractivity contribution in [3.8, 4) is 0 Å². The van der Waals surface area contributed by atoms with E-state index in [1.807, 2.05) is 0 Å². The standard InChI is InChI=1S/C14H28Cl2N4/c1-17-5-4-8-20-12-11-19(10-9-17)7-3-6-18(2)13-14(20,15)16/h3-13H2,1-2H3. The van der Waals surface area contributed by atoms with Crippen LogP contribution in [0.4, 0.5) is 0 Å². The molecule has 0 radical (unpaired) electrons. The van der Waals surface area contributed by atoms with Gasteiger partial charge in [-0.3, -0.25) is 4.90 Å². The van der Waals surface area contributed by atoms with Crippen molar-refractivity contribution in [3.05, 3.63) is 0 Å². The Hall–Kier alpha value is 0.420. The van der Waals surface area contributed by atoms with Gasteiger partial charge in [0.2, 0.25) is 0 Å². The van der Waals surface area contributed by atoms with Gasteiger partial charge in [-0.25, -0.2) is 0 Å². The van der Waals surface area contributed by atoms with E-state index in [1.165, 1.54) is 13.0 Å². The van der Waals surface area contributed by atoms with Crippen molar-refractivity contribution in [3.63, 3.8) is 0 Å². The van der Waals surface area contributed by atoms with E-state index in [9.17, 15) is 0 Å². The van der Waals surface area contributed by atoms with Gasteiger partial charge in [0, 0.05) is 39.3 Å². The van der Waals surface area contributed by atoms with Crippen LogP contribution in [0.15, 0.2) is 0 Å². The van der Waals surface area contributed by atoms with Crippen LogP contribution < -0.4 is 0 Å². The van der Waals surface area contributed by atoms with Gasteiger partial charge < -0.3 is 14.7 Å². The summed E-state index contributed by atoms with van der Waals surface area (Å²) in [5.74, 6) is 0. The Morgan fingerprint density at radius 2 is 1.35 bits per heavy atom. The molecule has 20 heavy (non-hydrogen) atoms.